The van der Waals surface area contributed by atoms with Crippen molar-refractivity contribution in [2.24, 2.45) is 5.73 Å². The van der Waals surface area contributed by atoms with Crippen molar-refractivity contribution in [3.05, 3.63) is 69.3 Å². The van der Waals surface area contributed by atoms with E-state index in [2.05, 4.69) is 11.8 Å². The van der Waals surface area contributed by atoms with Crippen molar-refractivity contribution in [2.75, 3.05) is 4.72 Å². The van der Waals surface area contributed by atoms with Crippen LogP contribution in [0.5, 0.6) is 0 Å². The molecule has 4 N–H and O–H groups in total. The zero-order valence-corrected chi connectivity index (χ0v) is 15.7. The SMILES string of the molecule is N=CC(C#Cc1c(F)ccc(NS(=O)(=O)c2cc(Cl)ccc2Cl)c1F)=CN. The van der Waals surface area contributed by atoms with Gasteiger partial charge in [-0.15, -0.1) is 0 Å². The molecule has 0 unspecified atom stereocenters. The third-order valence-corrected chi connectivity index (χ3v) is 5.27. The van der Waals surface area contributed by atoms with Crippen molar-refractivity contribution < 1.29 is 17.2 Å². The Hall–Kier alpha value is -2.60. The van der Waals surface area contributed by atoms with Gasteiger partial charge in [-0.3, -0.25) is 4.72 Å². The fraction of sp³-hybridized carbons (Fsp3) is 0. The molecule has 10 heteroatoms. The summed E-state index contributed by atoms with van der Waals surface area (Å²) in [4.78, 5) is -0.370. The van der Waals surface area contributed by atoms with Crippen LogP contribution < -0.4 is 10.5 Å². The summed E-state index contributed by atoms with van der Waals surface area (Å²) in [6.45, 7) is 0. The molecule has 0 heterocycles. The minimum Gasteiger partial charge on any atom is -0.404 e. The Balaban J connectivity index is 2.50. The molecular weight excluding hydrogens is 419 g/mol. The van der Waals surface area contributed by atoms with Gasteiger partial charge in [0.2, 0.25) is 0 Å². The van der Waals surface area contributed by atoms with Crippen LogP contribution in [0.1, 0.15) is 5.56 Å². The van der Waals surface area contributed by atoms with E-state index in [0.717, 1.165) is 30.6 Å². The van der Waals surface area contributed by atoms with E-state index in [4.69, 9.17) is 34.3 Å². The standard InChI is InChI=1S/C17H11Cl2F2N3O2S/c18-11-2-4-13(19)16(7-11)27(25,26)24-15-6-5-14(20)12(17(15)21)3-1-10(8-22)9-23/h2,4-9,22,24H,23H2. The predicted molar refractivity (Wildman–Crippen MR) is 102 cm³/mol. The van der Waals surface area contributed by atoms with Gasteiger partial charge in [0.15, 0.2) is 5.82 Å². The van der Waals surface area contributed by atoms with E-state index in [1.807, 2.05) is 4.72 Å². The largest absolute Gasteiger partial charge is 0.404 e. The highest BCUT2D eigenvalue weighted by Gasteiger charge is 2.22. The van der Waals surface area contributed by atoms with Gasteiger partial charge in [0, 0.05) is 17.4 Å². The maximum Gasteiger partial charge on any atom is 0.263 e. The molecule has 0 saturated carbocycles. The van der Waals surface area contributed by atoms with Gasteiger partial charge in [0.25, 0.3) is 10.0 Å². The summed E-state index contributed by atoms with van der Waals surface area (Å²) in [6, 6.07) is 5.51. The number of nitrogens with one attached hydrogen (secondary N) is 2. The average Bonchev–Trinajstić information content (AvgIpc) is 2.62. The summed E-state index contributed by atoms with van der Waals surface area (Å²) in [7, 11) is -4.30. The lowest BCUT2D eigenvalue weighted by molar-refractivity contribution is 0.578. The number of sulfonamides is 1. The van der Waals surface area contributed by atoms with Gasteiger partial charge >= 0.3 is 0 Å². The Labute approximate surface area is 164 Å². The van der Waals surface area contributed by atoms with Crippen molar-refractivity contribution in [3.63, 3.8) is 0 Å². The van der Waals surface area contributed by atoms with Crippen molar-refractivity contribution in [1.29, 1.82) is 5.41 Å². The second-order valence-electron chi connectivity index (χ2n) is 4.98. The molecule has 0 aliphatic carbocycles. The van der Waals surface area contributed by atoms with Gasteiger partial charge < -0.3 is 11.1 Å². The molecule has 2 aromatic rings. The van der Waals surface area contributed by atoms with E-state index < -0.39 is 32.9 Å². The summed E-state index contributed by atoms with van der Waals surface area (Å²) in [5.41, 5.74) is 4.00. The van der Waals surface area contributed by atoms with Gasteiger partial charge in [-0.1, -0.05) is 35.0 Å². The molecule has 0 aliphatic heterocycles. The molecule has 140 valence electrons. The molecule has 0 spiro atoms. The lowest BCUT2D eigenvalue weighted by Crippen LogP contribution is -2.15. The zero-order chi connectivity index (χ0) is 20.2. The molecule has 0 atom stereocenters. The second kappa shape index (κ2) is 8.39. The van der Waals surface area contributed by atoms with Gasteiger partial charge in [-0.05, 0) is 30.3 Å². The zero-order valence-electron chi connectivity index (χ0n) is 13.4. The molecular formula is C17H11Cl2F2N3O2S. The van der Waals surface area contributed by atoms with Crippen LogP contribution in [0.4, 0.5) is 14.5 Å². The second-order valence-corrected chi connectivity index (χ2v) is 7.47. The summed E-state index contributed by atoms with van der Waals surface area (Å²) < 4.78 is 55.4. The van der Waals surface area contributed by atoms with E-state index in [1.165, 1.54) is 12.1 Å². The number of anilines is 1. The number of rotatable bonds is 4. The highest BCUT2D eigenvalue weighted by molar-refractivity contribution is 7.92. The van der Waals surface area contributed by atoms with Gasteiger partial charge in [-0.25, -0.2) is 17.2 Å². The van der Waals surface area contributed by atoms with Gasteiger partial charge in [0.1, 0.15) is 10.7 Å². The highest BCUT2D eigenvalue weighted by atomic mass is 35.5. The Bertz CT molecular complexity index is 1110. The van der Waals surface area contributed by atoms with Crippen molar-refractivity contribution in [3.8, 4) is 11.8 Å². The molecule has 0 fully saturated rings. The predicted octanol–water partition coefficient (Wildman–Crippen LogP) is 3.92. The molecule has 5 nitrogen and oxygen atoms in total. The number of benzene rings is 2. The first-order valence-corrected chi connectivity index (χ1v) is 9.33. The van der Waals surface area contributed by atoms with E-state index in [-0.39, 0.29) is 20.5 Å². The number of halogens is 4. The monoisotopic (exact) mass is 429 g/mol. The van der Waals surface area contributed by atoms with Crippen LogP contribution in [0.2, 0.25) is 10.0 Å². The lowest BCUT2D eigenvalue weighted by atomic mass is 10.1. The smallest absolute Gasteiger partial charge is 0.263 e. The van der Waals surface area contributed by atoms with E-state index in [9.17, 15) is 17.2 Å². The number of hydrogen-bond acceptors (Lipinski definition) is 4. The molecule has 2 aromatic carbocycles. The fourth-order valence-electron chi connectivity index (χ4n) is 1.89. The number of nitrogens with two attached hydrogens (primary N) is 1. The van der Waals surface area contributed by atoms with Gasteiger partial charge in [-0.2, -0.15) is 0 Å². The van der Waals surface area contributed by atoms with Crippen LogP contribution in [0.15, 0.2) is 47.0 Å². The molecule has 0 radical (unpaired) electrons. The lowest BCUT2D eigenvalue weighted by Gasteiger charge is -2.11. The first kappa shape index (κ1) is 20.7. The number of hydrogen-bond donors (Lipinski definition) is 3. The van der Waals surface area contributed by atoms with Crippen LogP contribution in [-0.4, -0.2) is 14.6 Å². The van der Waals surface area contributed by atoms with Crippen molar-refractivity contribution in [2.45, 2.75) is 4.90 Å². The summed E-state index contributed by atoms with van der Waals surface area (Å²) in [6.07, 6.45) is 1.79. The summed E-state index contributed by atoms with van der Waals surface area (Å²) in [5, 5.41) is 7.03. The maximum atomic E-state index is 14.6. The Morgan fingerprint density at radius 1 is 1.22 bits per heavy atom. The molecule has 0 bridgehead atoms. The van der Waals surface area contributed by atoms with Crippen LogP contribution in [-0.2, 0) is 10.0 Å². The van der Waals surface area contributed by atoms with E-state index in [1.54, 1.807) is 0 Å². The minimum atomic E-state index is -4.30. The average molecular weight is 430 g/mol. The summed E-state index contributed by atoms with van der Waals surface area (Å²) in [5.74, 6) is 2.25. The van der Waals surface area contributed by atoms with E-state index in [0.29, 0.717) is 0 Å². The van der Waals surface area contributed by atoms with Gasteiger partial charge in [0.05, 0.1) is 21.8 Å². The molecule has 0 aromatic heterocycles. The molecule has 2 rings (SSSR count). The first-order chi connectivity index (χ1) is 12.7. The minimum absolute atomic E-state index is 0.0190. The molecule has 27 heavy (non-hydrogen) atoms. The third-order valence-electron chi connectivity index (χ3n) is 3.19. The van der Waals surface area contributed by atoms with Crippen LogP contribution in [0.3, 0.4) is 0 Å². The van der Waals surface area contributed by atoms with Crippen molar-refractivity contribution >= 4 is 45.1 Å². The van der Waals surface area contributed by atoms with Crippen LogP contribution >= 0.6 is 23.2 Å². The molecule has 0 amide bonds. The molecule has 0 aliphatic rings. The fourth-order valence-corrected chi connectivity index (χ4v) is 3.71. The Morgan fingerprint density at radius 3 is 2.56 bits per heavy atom. The van der Waals surface area contributed by atoms with Crippen LogP contribution in [0.25, 0.3) is 0 Å². The Kier molecular flexibility index (Phi) is 6.44. The van der Waals surface area contributed by atoms with Crippen molar-refractivity contribution in [1.82, 2.24) is 0 Å². The summed E-state index contributed by atoms with van der Waals surface area (Å²) >= 11 is 11.6. The maximum absolute atomic E-state index is 14.6. The topological polar surface area (TPSA) is 96.0 Å². The quantitative estimate of drug-likeness (QED) is 0.507. The highest BCUT2D eigenvalue weighted by Crippen LogP contribution is 2.28. The Morgan fingerprint density at radius 2 is 1.93 bits per heavy atom. The number of allylic oxidation sites excluding steroid dienone is 1. The normalized spacial score (nSPS) is 11.5. The first-order valence-electron chi connectivity index (χ1n) is 7.10. The molecule has 0 saturated heterocycles. The third kappa shape index (κ3) is 4.77. The van der Waals surface area contributed by atoms with Crippen LogP contribution in [0, 0.1) is 28.9 Å². The van der Waals surface area contributed by atoms with E-state index >= 15 is 0 Å².